The van der Waals surface area contributed by atoms with Crippen molar-refractivity contribution < 1.29 is 12.3 Å². The molecule has 0 unspecified atom stereocenters. The average Bonchev–Trinajstić information content (AvgIpc) is 2.73. The van der Waals surface area contributed by atoms with Gasteiger partial charge in [-0.25, -0.2) is 15.0 Å². The summed E-state index contributed by atoms with van der Waals surface area (Å²) in [6, 6.07) is -3.71. The van der Waals surface area contributed by atoms with Crippen LogP contribution in [0.2, 0.25) is 0 Å². The zero-order valence-electron chi connectivity index (χ0n) is 21.4. The zero-order chi connectivity index (χ0) is 23.4. The van der Waals surface area contributed by atoms with Gasteiger partial charge >= 0.3 is 0 Å². The van der Waals surface area contributed by atoms with Crippen LogP contribution >= 0.6 is 0 Å². The Morgan fingerprint density at radius 3 is 1.86 bits per heavy atom. The van der Waals surface area contributed by atoms with E-state index in [2.05, 4.69) is 15.0 Å². The Labute approximate surface area is 143 Å². The molecule has 3 aromatic rings. The predicted octanol–water partition coefficient (Wildman–Crippen LogP) is 4.64. The second-order valence-corrected chi connectivity index (χ2v) is 5.00. The summed E-state index contributed by atoms with van der Waals surface area (Å²) in [5, 5.41) is 0. The maximum Gasteiger partial charge on any atom is 0.163 e. The summed E-state index contributed by atoms with van der Waals surface area (Å²) >= 11 is 0. The van der Waals surface area contributed by atoms with Gasteiger partial charge in [0, 0.05) is 17.0 Å². The highest BCUT2D eigenvalue weighted by molar-refractivity contribution is 5.61. The monoisotopic (exact) mass is 298 g/mol. The number of aromatic nitrogens is 3. The first-order valence-electron chi connectivity index (χ1n) is 11.3. The number of nitrogens with zero attached hydrogens (tertiary/aromatic N) is 3. The Balaban J connectivity index is 2.43. The highest BCUT2D eigenvalue weighted by Crippen LogP contribution is 2.22. The molecule has 0 aliphatic heterocycles. The predicted molar refractivity (Wildman–Crippen MR) is 89.5 cm³/mol. The maximum atomic E-state index is 8.29. The molecular weight excluding hydrogens is 270 g/mol. The van der Waals surface area contributed by atoms with Gasteiger partial charge in [0.15, 0.2) is 11.6 Å². The third-order valence-electron chi connectivity index (χ3n) is 2.87. The van der Waals surface area contributed by atoms with Crippen molar-refractivity contribution in [2.45, 2.75) is 26.7 Å². The SMILES string of the molecule is [2H]c1c([2H])c([2H])c(-c2nc(-c3c([2H])c([2H])c(C)c([2H])c3[2H])nc(C(C)C)n2)c([2H])c1[2H]. The van der Waals surface area contributed by atoms with Gasteiger partial charge in [0.05, 0.1) is 12.3 Å². The molecule has 3 heteroatoms. The molecule has 0 radical (unpaired) electrons. The minimum atomic E-state index is -0.546. The van der Waals surface area contributed by atoms with Crippen LogP contribution in [0.5, 0.6) is 0 Å². The van der Waals surface area contributed by atoms with Crippen LogP contribution in [0.1, 0.15) is 43.5 Å². The fraction of sp³-hybridized carbons (Fsp3) is 0.211. The highest BCUT2D eigenvalue weighted by atomic mass is 15.0. The molecule has 0 aliphatic carbocycles. The molecule has 0 bridgehead atoms. The van der Waals surface area contributed by atoms with E-state index >= 15 is 0 Å². The van der Waals surface area contributed by atoms with Crippen LogP contribution in [-0.4, -0.2) is 15.0 Å². The average molecular weight is 298 g/mol. The van der Waals surface area contributed by atoms with Crippen LogP contribution < -0.4 is 0 Å². The van der Waals surface area contributed by atoms with E-state index in [0.717, 1.165) is 0 Å². The van der Waals surface area contributed by atoms with Crippen molar-refractivity contribution in [1.29, 1.82) is 0 Å². The summed E-state index contributed by atoms with van der Waals surface area (Å²) in [5.74, 6) is -0.366. The van der Waals surface area contributed by atoms with E-state index in [1.165, 1.54) is 6.92 Å². The Kier molecular flexibility index (Phi) is 1.97. The van der Waals surface area contributed by atoms with E-state index in [-0.39, 0.29) is 64.3 Å². The van der Waals surface area contributed by atoms with Crippen LogP contribution in [0.4, 0.5) is 0 Å². The number of hydrogen-bond donors (Lipinski definition) is 0. The summed E-state index contributed by atoms with van der Waals surface area (Å²) in [6.45, 7) is 5.06. The lowest BCUT2D eigenvalue weighted by molar-refractivity contribution is 0.766. The van der Waals surface area contributed by atoms with Crippen molar-refractivity contribution in [2.75, 3.05) is 0 Å². The molecule has 0 amide bonds. The van der Waals surface area contributed by atoms with Crippen molar-refractivity contribution in [3.8, 4) is 22.8 Å². The third-order valence-corrected chi connectivity index (χ3v) is 2.87. The standard InChI is InChI=1S/C19H19N3/c1-13(2)17-20-18(15-7-5-4-6-8-15)22-19(21-17)16-11-9-14(3)10-12-16/h4-13H,1-3H3/i4D,5D,6D,7D,8D,9D,10D,11D,12D. The Morgan fingerprint density at radius 2 is 1.32 bits per heavy atom. The van der Waals surface area contributed by atoms with Gasteiger partial charge in [0.25, 0.3) is 0 Å². The highest BCUT2D eigenvalue weighted by Gasteiger charge is 2.12. The van der Waals surface area contributed by atoms with Gasteiger partial charge in [-0.1, -0.05) is 73.8 Å². The fourth-order valence-corrected chi connectivity index (χ4v) is 1.72. The van der Waals surface area contributed by atoms with Crippen molar-refractivity contribution in [3.05, 3.63) is 65.8 Å². The van der Waals surface area contributed by atoms with Gasteiger partial charge in [-0.2, -0.15) is 0 Å². The van der Waals surface area contributed by atoms with E-state index in [4.69, 9.17) is 12.3 Å². The van der Waals surface area contributed by atoms with E-state index in [1.807, 2.05) is 0 Å². The van der Waals surface area contributed by atoms with Crippen molar-refractivity contribution >= 4 is 0 Å². The normalized spacial score (nSPS) is 16.6. The molecule has 0 aliphatic rings. The van der Waals surface area contributed by atoms with Crippen molar-refractivity contribution in [1.82, 2.24) is 15.0 Å². The van der Waals surface area contributed by atoms with Crippen molar-refractivity contribution in [3.63, 3.8) is 0 Å². The third kappa shape index (κ3) is 3.03. The topological polar surface area (TPSA) is 38.7 Å². The van der Waals surface area contributed by atoms with Crippen LogP contribution in [0.15, 0.2) is 54.4 Å². The summed E-state index contributed by atoms with van der Waals surface area (Å²) < 4.78 is 72.7. The van der Waals surface area contributed by atoms with Gasteiger partial charge in [-0.3, -0.25) is 0 Å². The van der Waals surface area contributed by atoms with E-state index in [0.29, 0.717) is 0 Å². The second kappa shape index (κ2) is 6.06. The summed E-state index contributed by atoms with van der Waals surface area (Å²) in [6.07, 6.45) is 0. The quantitative estimate of drug-likeness (QED) is 0.707. The minimum Gasteiger partial charge on any atom is -0.213 e. The molecule has 1 heterocycles. The maximum absolute atomic E-state index is 8.29. The van der Waals surface area contributed by atoms with Crippen LogP contribution in [-0.2, 0) is 0 Å². The molecule has 0 spiro atoms. The lowest BCUT2D eigenvalue weighted by Crippen LogP contribution is -2.04. The number of rotatable bonds is 3. The number of hydrogen-bond acceptors (Lipinski definition) is 3. The minimum absolute atomic E-state index is 0.140. The first-order valence-corrected chi connectivity index (χ1v) is 6.79. The Hall–Kier alpha value is -2.55. The largest absolute Gasteiger partial charge is 0.213 e. The molecule has 22 heavy (non-hydrogen) atoms. The molecule has 0 N–H and O–H groups in total. The molecular formula is C19H19N3. The Bertz CT molecular complexity index is 1080. The smallest absolute Gasteiger partial charge is 0.163 e. The molecule has 3 rings (SSSR count). The van der Waals surface area contributed by atoms with E-state index in [9.17, 15) is 0 Å². The lowest BCUT2D eigenvalue weighted by atomic mass is 10.1. The van der Waals surface area contributed by atoms with Gasteiger partial charge < -0.3 is 0 Å². The summed E-state index contributed by atoms with van der Waals surface area (Å²) in [7, 11) is 0. The summed E-state index contributed by atoms with van der Waals surface area (Å²) in [5.41, 5.74) is -0.180. The Morgan fingerprint density at radius 1 is 0.773 bits per heavy atom. The first-order chi connectivity index (χ1) is 14.4. The first kappa shape index (κ1) is 7.14. The van der Waals surface area contributed by atoms with Crippen LogP contribution in [0.3, 0.4) is 0 Å². The lowest BCUT2D eigenvalue weighted by Gasteiger charge is -2.10. The number of benzene rings is 2. The molecule has 0 saturated carbocycles. The van der Waals surface area contributed by atoms with E-state index in [1.54, 1.807) is 13.8 Å². The van der Waals surface area contributed by atoms with Gasteiger partial charge in [0.1, 0.15) is 5.82 Å². The molecule has 2 aromatic carbocycles. The fourth-order valence-electron chi connectivity index (χ4n) is 1.72. The molecule has 0 atom stereocenters. The molecule has 0 saturated heterocycles. The molecule has 110 valence electrons. The second-order valence-electron chi connectivity index (χ2n) is 5.00. The van der Waals surface area contributed by atoms with Gasteiger partial charge in [-0.15, -0.1) is 0 Å². The van der Waals surface area contributed by atoms with Gasteiger partial charge in [0.2, 0.25) is 0 Å². The zero-order valence-corrected chi connectivity index (χ0v) is 12.4. The van der Waals surface area contributed by atoms with Gasteiger partial charge in [-0.05, 0) is 6.92 Å². The molecule has 0 fully saturated rings. The summed E-state index contributed by atoms with van der Waals surface area (Å²) in [4.78, 5) is 12.8. The van der Waals surface area contributed by atoms with E-state index < -0.39 is 30.2 Å². The van der Waals surface area contributed by atoms with Crippen LogP contribution in [0, 0.1) is 6.92 Å². The van der Waals surface area contributed by atoms with Crippen LogP contribution in [0.25, 0.3) is 22.8 Å². The molecule has 1 aromatic heterocycles. The molecule has 3 nitrogen and oxygen atoms in total. The van der Waals surface area contributed by atoms with Crippen molar-refractivity contribution in [2.24, 2.45) is 0 Å².